The molecule has 2 bridgehead atoms. The normalized spacial score (nSPS) is 29.5. The van der Waals surface area contributed by atoms with Crippen LogP contribution in [0.4, 0.5) is 4.79 Å². The summed E-state index contributed by atoms with van der Waals surface area (Å²) in [5.41, 5.74) is 0.514. The number of hydrogen-bond acceptors (Lipinski definition) is 3. The highest BCUT2D eigenvalue weighted by Gasteiger charge is 2.29. The van der Waals surface area contributed by atoms with Crippen molar-refractivity contribution in [3.63, 3.8) is 0 Å². The van der Waals surface area contributed by atoms with Crippen molar-refractivity contribution in [2.24, 2.45) is 5.92 Å². The average Bonchev–Trinajstić information content (AvgIpc) is 2.73. The van der Waals surface area contributed by atoms with Gasteiger partial charge in [-0.3, -0.25) is 4.57 Å². The van der Waals surface area contributed by atoms with Crippen LogP contribution in [0.25, 0.3) is 0 Å². The lowest BCUT2D eigenvalue weighted by atomic mass is 9.94. The molecule has 0 spiro atoms. The van der Waals surface area contributed by atoms with Gasteiger partial charge in [0, 0.05) is 25.0 Å². The highest BCUT2D eigenvalue weighted by atomic mass is 16.2. The van der Waals surface area contributed by atoms with E-state index in [1.807, 2.05) is 6.07 Å². The molecule has 0 aliphatic carbocycles. The second-order valence-electron chi connectivity index (χ2n) is 5.55. The maximum absolute atomic E-state index is 12.1. The second kappa shape index (κ2) is 5.06. The first kappa shape index (κ1) is 12.2. The van der Waals surface area contributed by atoms with Gasteiger partial charge in [0.05, 0.1) is 5.56 Å². The molecule has 1 amide bonds. The molecule has 0 saturated carbocycles. The molecule has 3 aliphatic heterocycles. The molecular formula is C14H18N4O. The van der Waals surface area contributed by atoms with E-state index in [2.05, 4.69) is 10.2 Å². The third-order valence-corrected chi connectivity index (χ3v) is 4.19. The summed E-state index contributed by atoms with van der Waals surface area (Å²) >= 11 is 0. The molecule has 1 N–H and O–H groups in total. The molecule has 0 radical (unpaired) electrons. The summed E-state index contributed by atoms with van der Waals surface area (Å²) in [7, 11) is 0. The molecule has 0 aromatic carbocycles. The molecule has 1 aromatic heterocycles. The van der Waals surface area contributed by atoms with Gasteiger partial charge in [0.25, 0.3) is 0 Å². The second-order valence-corrected chi connectivity index (χ2v) is 5.55. The van der Waals surface area contributed by atoms with Gasteiger partial charge in [-0.1, -0.05) is 0 Å². The lowest BCUT2D eigenvalue weighted by Gasteiger charge is -2.26. The Hall–Kier alpha value is -1.80. The molecule has 5 nitrogen and oxygen atoms in total. The standard InChI is InChI=1S/C14H18N4O/c15-8-12-3-6-18(9-12)14(19)16-13-7-11-1-4-17(10-13)5-2-11/h3,6,9,11,13H,1-2,4-5,7,10H2,(H,16,19). The topological polar surface area (TPSA) is 61.1 Å². The van der Waals surface area contributed by atoms with E-state index in [1.165, 1.54) is 30.5 Å². The van der Waals surface area contributed by atoms with Crippen LogP contribution in [0.5, 0.6) is 0 Å². The number of carbonyl (C=O) groups excluding carboxylic acids is 1. The Morgan fingerprint density at radius 2 is 2.21 bits per heavy atom. The van der Waals surface area contributed by atoms with Crippen molar-refractivity contribution < 1.29 is 4.79 Å². The first-order valence-electron chi connectivity index (χ1n) is 6.86. The Morgan fingerprint density at radius 3 is 2.89 bits per heavy atom. The minimum Gasteiger partial charge on any atom is -0.333 e. The van der Waals surface area contributed by atoms with Crippen LogP contribution >= 0.6 is 0 Å². The minimum absolute atomic E-state index is 0.131. The van der Waals surface area contributed by atoms with Crippen molar-refractivity contribution in [1.82, 2.24) is 14.8 Å². The van der Waals surface area contributed by atoms with Crippen LogP contribution in [0.3, 0.4) is 0 Å². The highest BCUT2D eigenvalue weighted by Crippen LogP contribution is 2.26. The van der Waals surface area contributed by atoms with Crippen LogP contribution in [-0.2, 0) is 0 Å². The third kappa shape index (κ3) is 2.64. The molecule has 4 rings (SSSR count). The number of carbonyl (C=O) groups is 1. The van der Waals surface area contributed by atoms with Crippen LogP contribution in [0.1, 0.15) is 24.8 Å². The Morgan fingerprint density at radius 1 is 1.42 bits per heavy atom. The number of rotatable bonds is 1. The van der Waals surface area contributed by atoms with Crippen molar-refractivity contribution >= 4 is 6.03 Å². The zero-order valence-electron chi connectivity index (χ0n) is 10.9. The summed E-state index contributed by atoms with van der Waals surface area (Å²) in [5.74, 6) is 0.753. The number of hydrogen-bond donors (Lipinski definition) is 1. The molecule has 5 heteroatoms. The maximum Gasteiger partial charge on any atom is 0.325 e. The number of nitrogens with zero attached hydrogens (tertiary/aromatic N) is 3. The Bertz CT molecular complexity index is 494. The maximum atomic E-state index is 12.1. The van der Waals surface area contributed by atoms with E-state index >= 15 is 0 Å². The van der Waals surface area contributed by atoms with E-state index in [0.717, 1.165) is 18.9 Å². The number of fused-ring (bicyclic) bond motifs is 4. The van der Waals surface area contributed by atoms with Gasteiger partial charge >= 0.3 is 6.03 Å². The van der Waals surface area contributed by atoms with Crippen LogP contribution < -0.4 is 5.32 Å². The van der Waals surface area contributed by atoms with E-state index in [4.69, 9.17) is 5.26 Å². The van der Waals surface area contributed by atoms with Crippen LogP contribution in [0.2, 0.25) is 0 Å². The SMILES string of the molecule is N#Cc1ccn(C(=O)NC2CC3CCN(CC3)C2)c1. The fraction of sp³-hybridized carbons (Fsp3) is 0.571. The van der Waals surface area contributed by atoms with E-state index in [9.17, 15) is 4.79 Å². The predicted molar refractivity (Wildman–Crippen MR) is 70.6 cm³/mol. The van der Waals surface area contributed by atoms with Crippen molar-refractivity contribution in [2.75, 3.05) is 19.6 Å². The summed E-state index contributed by atoms with van der Waals surface area (Å²) in [6.45, 7) is 3.28. The third-order valence-electron chi connectivity index (χ3n) is 4.19. The summed E-state index contributed by atoms with van der Waals surface area (Å²) in [5, 5.41) is 11.9. The van der Waals surface area contributed by atoms with Gasteiger partial charge in [0.2, 0.25) is 0 Å². The van der Waals surface area contributed by atoms with E-state index in [-0.39, 0.29) is 12.1 Å². The van der Waals surface area contributed by atoms with Crippen molar-refractivity contribution in [3.05, 3.63) is 24.0 Å². The summed E-state index contributed by atoms with van der Waals surface area (Å²) < 4.78 is 1.46. The smallest absolute Gasteiger partial charge is 0.325 e. The van der Waals surface area contributed by atoms with Crippen molar-refractivity contribution in [2.45, 2.75) is 25.3 Å². The number of nitrogens with one attached hydrogen (secondary N) is 1. The first-order valence-corrected chi connectivity index (χ1v) is 6.86. The molecular weight excluding hydrogens is 240 g/mol. The van der Waals surface area contributed by atoms with Gasteiger partial charge in [-0.25, -0.2) is 4.79 Å². The van der Waals surface area contributed by atoms with Gasteiger partial charge < -0.3 is 10.2 Å². The van der Waals surface area contributed by atoms with Gasteiger partial charge in [0.15, 0.2) is 0 Å². The van der Waals surface area contributed by atoms with E-state index < -0.39 is 0 Å². The van der Waals surface area contributed by atoms with Crippen LogP contribution in [0, 0.1) is 17.2 Å². The highest BCUT2D eigenvalue weighted by molar-refractivity contribution is 5.77. The lowest BCUT2D eigenvalue weighted by Crippen LogP contribution is -2.43. The zero-order valence-corrected chi connectivity index (χ0v) is 10.9. The molecule has 1 unspecified atom stereocenters. The molecule has 3 aliphatic rings. The Kier molecular flexibility index (Phi) is 3.26. The van der Waals surface area contributed by atoms with E-state index in [1.54, 1.807) is 18.5 Å². The largest absolute Gasteiger partial charge is 0.333 e. The summed E-state index contributed by atoms with van der Waals surface area (Å²) in [4.78, 5) is 14.5. The lowest BCUT2D eigenvalue weighted by molar-refractivity contribution is 0.217. The van der Waals surface area contributed by atoms with Gasteiger partial charge in [-0.15, -0.1) is 0 Å². The van der Waals surface area contributed by atoms with Crippen molar-refractivity contribution in [3.8, 4) is 6.07 Å². The summed E-state index contributed by atoms with van der Waals surface area (Å²) in [6, 6.07) is 3.78. The number of nitriles is 1. The number of amides is 1. The molecule has 3 saturated heterocycles. The van der Waals surface area contributed by atoms with Crippen molar-refractivity contribution in [1.29, 1.82) is 5.26 Å². The summed E-state index contributed by atoms with van der Waals surface area (Å²) in [6.07, 6.45) is 6.80. The minimum atomic E-state index is -0.131. The number of aromatic nitrogens is 1. The molecule has 1 atom stereocenters. The molecule has 19 heavy (non-hydrogen) atoms. The van der Waals surface area contributed by atoms with Gasteiger partial charge in [0.1, 0.15) is 6.07 Å². The first-order chi connectivity index (χ1) is 9.24. The fourth-order valence-electron chi connectivity index (χ4n) is 3.14. The molecule has 4 heterocycles. The average molecular weight is 258 g/mol. The zero-order chi connectivity index (χ0) is 13.2. The monoisotopic (exact) mass is 258 g/mol. The quantitative estimate of drug-likeness (QED) is 0.828. The van der Waals surface area contributed by atoms with Gasteiger partial charge in [-0.2, -0.15) is 5.26 Å². The Labute approximate surface area is 112 Å². The fourth-order valence-corrected chi connectivity index (χ4v) is 3.14. The van der Waals surface area contributed by atoms with Gasteiger partial charge in [-0.05, 0) is 44.3 Å². The van der Waals surface area contributed by atoms with Crippen LogP contribution in [0.15, 0.2) is 18.5 Å². The predicted octanol–water partition coefficient (Wildman–Crippen LogP) is 1.40. The molecule has 100 valence electrons. The van der Waals surface area contributed by atoms with Crippen LogP contribution in [-0.4, -0.2) is 41.2 Å². The molecule has 3 fully saturated rings. The van der Waals surface area contributed by atoms with E-state index in [0.29, 0.717) is 5.56 Å². The molecule has 1 aromatic rings. The Balaban J connectivity index is 1.64. The number of piperidine rings is 1.